The van der Waals surface area contributed by atoms with E-state index in [1.165, 1.54) is 22.3 Å². The Labute approximate surface area is 139 Å². The number of likely N-dealkylation sites (tertiary alicyclic amines) is 1. The minimum atomic E-state index is 0.403. The number of nitrogens with two attached hydrogens (primary N) is 1. The summed E-state index contributed by atoms with van der Waals surface area (Å²) in [5, 5.41) is 0. The summed E-state index contributed by atoms with van der Waals surface area (Å²) in [4.78, 5) is 2.62. The molecule has 0 atom stereocenters. The van der Waals surface area contributed by atoms with Gasteiger partial charge in [0.15, 0.2) is 0 Å². The number of piperidine rings is 1. The summed E-state index contributed by atoms with van der Waals surface area (Å²) in [6.45, 7) is 3.41. The van der Waals surface area contributed by atoms with Gasteiger partial charge in [-0.3, -0.25) is 0 Å². The van der Waals surface area contributed by atoms with Crippen molar-refractivity contribution >= 4 is 0 Å². The van der Waals surface area contributed by atoms with Crippen molar-refractivity contribution < 1.29 is 0 Å². The van der Waals surface area contributed by atoms with E-state index < -0.39 is 0 Å². The van der Waals surface area contributed by atoms with Gasteiger partial charge in [-0.2, -0.15) is 0 Å². The lowest BCUT2D eigenvalue weighted by Gasteiger charge is -2.33. The molecule has 0 bridgehead atoms. The van der Waals surface area contributed by atoms with E-state index in [4.69, 9.17) is 5.73 Å². The van der Waals surface area contributed by atoms with Crippen LogP contribution in [0.4, 0.5) is 0 Å². The molecule has 1 aliphatic heterocycles. The van der Waals surface area contributed by atoms with E-state index in [1.54, 1.807) is 0 Å². The van der Waals surface area contributed by atoms with Crippen LogP contribution in [0.5, 0.6) is 0 Å². The normalized spacial score (nSPS) is 19.9. The number of fused-ring (bicyclic) bond motifs is 2. The van der Waals surface area contributed by atoms with Crippen LogP contribution in [0.15, 0.2) is 48.5 Å². The molecule has 1 fully saturated rings. The third-order valence-electron chi connectivity index (χ3n) is 5.60. The molecule has 0 radical (unpaired) electrons. The molecular weight excluding hydrogens is 280 g/mol. The van der Waals surface area contributed by atoms with Crippen LogP contribution in [0.25, 0.3) is 0 Å². The summed E-state index contributed by atoms with van der Waals surface area (Å²) in [6.07, 6.45) is 4.59. The lowest BCUT2D eigenvalue weighted by Crippen LogP contribution is -2.41. The van der Waals surface area contributed by atoms with Crippen LogP contribution >= 0.6 is 0 Å². The Kier molecular flexibility index (Phi) is 4.19. The molecule has 0 aromatic heterocycles. The second kappa shape index (κ2) is 6.46. The van der Waals surface area contributed by atoms with Crippen molar-refractivity contribution in [3.63, 3.8) is 0 Å². The maximum atomic E-state index is 6.08. The standard InChI is InChI=1S/C21H26N2/c22-18-11-13-23(14-12-18)15-21-19-7-3-1-5-16(19)9-10-17-6-2-4-8-20(17)21/h1-8,18,21H,9-15,22H2. The zero-order chi connectivity index (χ0) is 15.6. The summed E-state index contributed by atoms with van der Waals surface area (Å²) in [7, 11) is 0. The molecule has 2 heteroatoms. The fraction of sp³-hybridized carbons (Fsp3) is 0.429. The summed E-state index contributed by atoms with van der Waals surface area (Å²) in [5.41, 5.74) is 12.2. The van der Waals surface area contributed by atoms with Gasteiger partial charge in [-0.15, -0.1) is 0 Å². The number of benzene rings is 2. The molecule has 23 heavy (non-hydrogen) atoms. The smallest absolute Gasteiger partial charge is 0.0222 e. The van der Waals surface area contributed by atoms with E-state index in [0.717, 1.165) is 45.3 Å². The van der Waals surface area contributed by atoms with Crippen molar-refractivity contribution in [3.05, 3.63) is 70.8 Å². The van der Waals surface area contributed by atoms with Gasteiger partial charge in [-0.25, -0.2) is 0 Å². The SMILES string of the molecule is NC1CCN(CC2c3ccccc3CCc3ccccc32)CC1. The third kappa shape index (κ3) is 3.06. The monoisotopic (exact) mass is 306 g/mol. The molecule has 0 saturated carbocycles. The van der Waals surface area contributed by atoms with Gasteiger partial charge in [0.1, 0.15) is 0 Å². The highest BCUT2D eigenvalue weighted by molar-refractivity contribution is 5.45. The quantitative estimate of drug-likeness (QED) is 0.922. The van der Waals surface area contributed by atoms with Crippen LogP contribution in [-0.4, -0.2) is 30.6 Å². The Morgan fingerprint density at radius 1 is 0.826 bits per heavy atom. The Hall–Kier alpha value is -1.64. The molecule has 1 heterocycles. The molecule has 2 N–H and O–H groups in total. The summed E-state index contributed by atoms with van der Waals surface area (Å²) < 4.78 is 0. The van der Waals surface area contributed by atoms with E-state index in [-0.39, 0.29) is 0 Å². The van der Waals surface area contributed by atoms with Gasteiger partial charge in [0.25, 0.3) is 0 Å². The first kappa shape index (κ1) is 14.9. The van der Waals surface area contributed by atoms with Crippen molar-refractivity contribution in [2.75, 3.05) is 19.6 Å². The van der Waals surface area contributed by atoms with Gasteiger partial charge in [-0.05, 0) is 61.0 Å². The van der Waals surface area contributed by atoms with Crippen LogP contribution in [0.1, 0.15) is 41.0 Å². The highest BCUT2D eigenvalue weighted by Crippen LogP contribution is 2.35. The largest absolute Gasteiger partial charge is 0.328 e. The number of nitrogens with zero attached hydrogens (tertiary/aromatic N) is 1. The van der Waals surface area contributed by atoms with Crippen LogP contribution in [0, 0.1) is 0 Å². The second-order valence-electron chi connectivity index (χ2n) is 7.09. The molecule has 0 spiro atoms. The van der Waals surface area contributed by atoms with Crippen molar-refractivity contribution in [2.45, 2.75) is 37.6 Å². The highest BCUT2D eigenvalue weighted by Gasteiger charge is 2.26. The van der Waals surface area contributed by atoms with Gasteiger partial charge in [0, 0.05) is 18.5 Å². The zero-order valence-electron chi connectivity index (χ0n) is 13.7. The van der Waals surface area contributed by atoms with Crippen molar-refractivity contribution in [3.8, 4) is 0 Å². The number of rotatable bonds is 2. The molecule has 1 aliphatic carbocycles. The van der Waals surface area contributed by atoms with E-state index in [2.05, 4.69) is 53.4 Å². The third-order valence-corrected chi connectivity index (χ3v) is 5.60. The Morgan fingerprint density at radius 3 is 1.91 bits per heavy atom. The van der Waals surface area contributed by atoms with Crippen LogP contribution in [0.3, 0.4) is 0 Å². The summed E-state index contributed by atoms with van der Waals surface area (Å²) in [5.74, 6) is 0.499. The average Bonchev–Trinajstić information content (AvgIpc) is 2.75. The molecule has 1 saturated heterocycles. The minimum absolute atomic E-state index is 0.403. The van der Waals surface area contributed by atoms with Crippen LogP contribution in [0.2, 0.25) is 0 Å². The summed E-state index contributed by atoms with van der Waals surface area (Å²) >= 11 is 0. The first-order valence-electron chi connectivity index (χ1n) is 8.95. The van der Waals surface area contributed by atoms with Gasteiger partial charge >= 0.3 is 0 Å². The van der Waals surface area contributed by atoms with Crippen LogP contribution < -0.4 is 5.73 Å². The van der Waals surface area contributed by atoms with Crippen molar-refractivity contribution in [1.82, 2.24) is 4.90 Å². The fourth-order valence-electron chi connectivity index (χ4n) is 4.23. The number of hydrogen-bond acceptors (Lipinski definition) is 2. The number of aryl methyl sites for hydroxylation is 2. The van der Waals surface area contributed by atoms with E-state index >= 15 is 0 Å². The van der Waals surface area contributed by atoms with E-state index in [9.17, 15) is 0 Å². The Balaban J connectivity index is 1.69. The van der Waals surface area contributed by atoms with Crippen LogP contribution in [-0.2, 0) is 12.8 Å². The summed E-state index contributed by atoms with van der Waals surface area (Å²) in [6, 6.07) is 18.5. The molecule has 0 unspecified atom stereocenters. The average molecular weight is 306 g/mol. The molecule has 2 aromatic rings. The highest BCUT2D eigenvalue weighted by atomic mass is 15.1. The number of hydrogen-bond donors (Lipinski definition) is 1. The Morgan fingerprint density at radius 2 is 1.35 bits per heavy atom. The molecule has 2 aliphatic rings. The molecule has 4 rings (SSSR count). The van der Waals surface area contributed by atoms with Crippen molar-refractivity contribution in [1.29, 1.82) is 0 Å². The predicted molar refractivity (Wildman–Crippen MR) is 95.8 cm³/mol. The minimum Gasteiger partial charge on any atom is -0.328 e. The molecule has 2 aromatic carbocycles. The lowest BCUT2D eigenvalue weighted by molar-refractivity contribution is 0.207. The molecule has 2 nitrogen and oxygen atoms in total. The lowest BCUT2D eigenvalue weighted by atomic mass is 9.87. The van der Waals surface area contributed by atoms with E-state index in [0.29, 0.717) is 12.0 Å². The first-order valence-corrected chi connectivity index (χ1v) is 8.95. The van der Waals surface area contributed by atoms with Gasteiger partial charge in [-0.1, -0.05) is 48.5 Å². The second-order valence-corrected chi connectivity index (χ2v) is 7.09. The van der Waals surface area contributed by atoms with Gasteiger partial charge in [0.2, 0.25) is 0 Å². The van der Waals surface area contributed by atoms with Crippen molar-refractivity contribution in [2.24, 2.45) is 5.73 Å². The maximum absolute atomic E-state index is 6.08. The van der Waals surface area contributed by atoms with Gasteiger partial charge < -0.3 is 10.6 Å². The van der Waals surface area contributed by atoms with E-state index in [1.807, 2.05) is 0 Å². The zero-order valence-corrected chi connectivity index (χ0v) is 13.7. The topological polar surface area (TPSA) is 29.3 Å². The predicted octanol–water partition coefficient (Wildman–Crippen LogP) is 3.34. The molecular formula is C21H26N2. The molecule has 0 amide bonds. The molecule has 120 valence electrons. The maximum Gasteiger partial charge on any atom is 0.0222 e. The Bertz CT molecular complexity index is 624. The fourth-order valence-corrected chi connectivity index (χ4v) is 4.23. The first-order chi connectivity index (χ1) is 11.3. The van der Waals surface area contributed by atoms with Gasteiger partial charge in [0.05, 0.1) is 0 Å².